The maximum Gasteiger partial charge on any atom is 0.309 e. The first-order valence-electron chi connectivity index (χ1n) is 6.54. The Bertz CT molecular complexity index is 426. The minimum atomic E-state index is -0.236. The van der Waals surface area contributed by atoms with Crippen LogP contribution >= 0.6 is 0 Å². The standard InChI is InChI=1S/C15H20O3/c1-11(9-15(16)17-2)18-14-8-7-12-5-3-4-6-13(12)10-14/h7-8,10-11H,3-6,9H2,1-2H3. The molecule has 0 heterocycles. The van der Waals surface area contributed by atoms with Gasteiger partial charge >= 0.3 is 5.97 Å². The SMILES string of the molecule is COC(=O)CC(C)Oc1ccc2c(c1)CCCC2. The molecule has 1 aliphatic rings. The molecule has 1 aromatic carbocycles. The van der Waals surface area contributed by atoms with Gasteiger partial charge < -0.3 is 9.47 Å². The number of benzene rings is 1. The van der Waals surface area contributed by atoms with E-state index < -0.39 is 0 Å². The molecule has 1 aromatic rings. The summed E-state index contributed by atoms with van der Waals surface area (Å²) >= 11 is 0. The van der Waals surface area contributed by atoms with E-state index in [1.807, 2.05) is 13.0 Å². The lowest BCUT2D eigenvalue weighted by atomic mass is 9.92. The van der Waals surface area contributed by atoms with Gasteiger partial charge in [-0.25, -0.2) is 0 Å². The first-order valence-corrected chi connectivity index (χ1v) is 6.54. The van der Waals surface area contributed by atoms with Crippen molar-refractivity contribution in [2.75, 3.05) is 7.11 Å². The third-order valence-electron chi connectivity index (χ3n) is 3.34. The molecule has 3 nitrogen and oxygen atoms in total. The van der Waals surface area contributed by atoms with Gasteiger partial charge in [0.15, 0.2) is 0 Å². The van der Waals surface area contributed by atoms with Crippen LogP contribution in [0.1, 0.15) is 37.3 Å². The summed E-state index contributed by atoms with van der Waals surface area (Å²) in [7, 11) is 1.40. The van der Waals surface area contributed by atoms with Gasteiger partial charge in [0.05, 0.1) is 13.5 Å². The second-order valence-electron chi connectivity index (χ2n) is 4.85. The third kappa shape index (κ3) is 3.25. The molecule has 3 heteroatoms. The summed E-state index contributed by atoms with van der Waals surface area (Å²) in [6.07, 6.45) is 4.98. The monoisotopic (exact) mass is 248 g/mol. The van der Waals surface area contributed by atoms with Crippen molar-refractivity contribution in [2.24, 2.45) is 0 Å². The summed E-state index contributed by atoms with van der Waals surface area (Å²) in [5, 5.41) is 0. The predicted molar refractivity (Wildman–Crippen MR) is 69.8 cm³/mol. The van der Waals surface area contributed by atoms with Crippen molar-refractivity contribution in [1.82, 2.24) is 0 Å². The average Bonchev–Trinajstić information content (AvgIpc) is 2.38. The summed E-state index contributed by atoms with van der Waals surface area (Å²) in [6, 6.07) is 6.26. The lowest BCUT2D eigenvalue weighted by molar-refractivity contribution is -0.142. The van der Waals surface area contributed by atoms with E-state index >= 15 is 0 Å². The largest absolute Gasteiger partial charge is 0.490 e. The Morgan fingerprint density at radius 3 is 2.72 bits per heavy atom. The van der Waals surface area contributed by atoms with E-state index in [9.17, 15) is 4.79 Å². The van der Waals surface area contributed by atoms with E-state index in [1.54, 1.807) is 0 Å². The summed E-state index contributed by atoms with van der Waals surface area (Å²) in [5.41, 5.74) is 2.83. The van der Waals surface area contributed by atoms with Crippen LogP contribution in [0.15, 0.2) is 18.2 Å². The maximum atomic E-state index is 11.1. The quantitative estimate of drug-likeness (QED) is 0.769. The number of fused-ring (bicyclic) bond motifs is 1. The molecule has 0 aromatic heterocycles. The summed E-state index contributed by atoms with van der Waals surface area (Å²) in [5.74, 6) is 0.618. The van der Waals surface area contributed by atoms with Gasteiger partial charge in [0, 0.05) is 0 Å². The van der Waals surface area contributed by atoms with Gasteiger partial charge in [-0.1, -0.05) is 6.07 Å². The lowest BCUT2D eigenvalue weighted by Gasteiger charge is -2.18. The number of rotatable bonds is 4. The highest BCUT2D eigenvalue weighted by molar-refractivity contribution is 5.69. The maximum absolute atomic E-state index is 11.1. The highest BCUT2D eigenvalue weighted by atomic mass is 16.5. The molecule has 0 amide bonds. The Morgan fingerprint density at radius 2 is 2.00 bits per heavy atom. The van der Waals surface area contributed by atoms with Gasteiger partial charge in [-0.15, -0.1) is 0 Å². The molecule has 0 spiro atoms. The van der Waals surface area contributed by atoms with E-state index in [0.29, 0.717) is 0 Å². The first kappa shape index (κ1) is 12.9. The molecule has 1 atom stereocenters. The number of carbonyl (C=O) groups is 1. The Morgan fingerprint density at radius 1 is 1.28 bits per heavy atom. The van der Waals surface area contributed by atoms with Crippen LogP contribution in [0.5, 0.6) is 5.75 Å². The van der Waals surface area contributed by atoms with Crippen molar-refractivity contribution in [3.63, 3.8) is 0 Å². The highest BCUT2D eigenvalue weighted by Gasteiger charge is 2.13. The molecule has 98 valence electrons. The number of aryl methyl sites for hydroxylation is 2. The van der Waals surface area contributed by atoms with Crippen molar-refractivity contribution >= 4 is 5.97 Å². The number of carbonyl (C=O) groups excluding carboxylic acids is 1. The van der Waals surface area contributed by atoms with Gasteiger partial charge in [0.2, 0.25) is 0 Å². The molecule has 0 saturated heterocycles. The zero-order valence-electron chi connectivity index (χ0n) is 11.1. The number of methoxy groups -OCH3 is 1. The number of hydrogen-bond acceptors (Lipinski definition) is 3. The fourth-order valence-electron chi connectivity index (χ4n) is 2.38. The van der Waals surface area contributed by atoms with Crippen LogP contribution in [0.4, 0.5) is 0 Å². The van der Waals surface area contributed by atoms with Crippen molar-refractivity contribution in [1.29, 1.82) is 0 Å². The van der Waals surface area contributed by atoms with Crippen LogP contribution in [0, 0.1) is 0 Å². The summed E-state index contributed by atoms with van der Waals surface area (Å²) < 4.78 is 10.4. The smallest absolute Gasteiger partial charge is 0.309 e. The summed E-state index contributed by atoms with van der Waals surface area (Å²) in [4.78, 5) is 11.1. The molecule has 0 fully saturated rings. The molecule has 0 aliphatic heterocycles. The van der Waals surface area contributed by atoms with Crippen molar-refractivity contribution in [3.8, 4) is 5.75 Å². The molecular weight excluding hydrogens is 228 g/mol. The zero-order valence-corrected chi connectivity index (χ0v) is 11.1. The molecule has 2 rings (SSSR count). The van der Waals surface area contributed by atoms with Gasteiger partial charge in [-0.05, 0) is 55.9 Å². The fraction of sp³-hybridized carbons (Fsp3) is 0.533. The van der Waals surface area contributed by atoms with E-state index in [4.69, 9.17) is 4.74 Å². The molecule has 18 heavy (non-hydrogen) atoms. The zero-order chi connectivity index (χ0) is 13.0. The van der Waals surface area contributed by atoms with Gasteiger partial charge in [0.1, 0.15) is 11.9 Å². The lowest BCUT2D eigenvalue weighted by Crippen LogP contribution is -2.18. The van der Waals surface area contributed by atoms with Crippen LogP contribution in [-0.4, -0.2) is 19.2 Å². The predicted octanol–water partition coefficient (Wildman–Crippen LogP) is 2.90. The van der Waals surface area contributed by atoms with Crippen LogP contribution < -0.4 is 4.74 Å². The first-order chi connectivity index (χ1) is 8.69. The van der Waals surface area contributed by atoms with Crippen molar-refractivity contribution < 1.29 is 14.3 Å². The molecule has 0 saturated carbocycles. The fourth-order valence-corrected chi connectivity index (χ4v) is 2.38. The van der Waals surface area contributed by atoms with Crippen molar-refractivity contribution in [3.05, 3.63) is 29.3 Å². The van der Waals surface area contributed by atoms with E-state index in [-0.39, 0.29) is 18.5 Å². The van der Waals surface area contributed by atoms with Gasteiger partial charge in [0.25, 0.3) is 0 Å². The molecular formula is C15H20O3. The van der Waals surface area contributed by atoms with E-state index in [0.717, 1.165) is 12.2 Å². The van der Waals surface area contributed by atoms with Gasteiger partial charge in [-0.3, -0.25) is 4.79 Å². The second-order valence-corrected chi connectivity index (χ2v) is 4.85. The van der Waals surface area contributed by atoms with E-state index in [2.05, 4.69) is 16.9 Å². The van der Waals surface area contributed by atoms with E-state index in [1.165, 1.54) is 37.5 Å². The normalized spacial score (nSPS) is 15.7. The van der Waals surface area contributed by atoms with Crippen LogP contribution in [0.2, 0.25) is 0 Å². The van der Waals surface area contributed by atoms with Crippen molar-refractivity contribution in [2.45, 2.75) is 45.1 Å². The molecule has 0 bridgehead atoms. The third-order valence-corrected chi connectivity index (χ3v) is 3.34. The minimum Gasteiger partial charge on any atom is -0.490 e. The summed E-state index contributed by atoms with van der Waals surface area (Å²) in [6.45, 7) is 1.89. The number of esters is 1. The van der Waals surface area contributed by atoms with Crippen LogP contribution in [0.3, 0.4) is 0 Å². The van der Waals surface area contributed by atoms with Crippen LogP contribution in [0.25, 0.3) is 0 Å². The molecule has 0 radical (unpaired) electrons. The van der Waals surface area contributed by atoms with Crippen LogP contribution in [-0.2, 0) is 22.4 Å². The Labute approximate surface area is 108 Å². The Kier molecular flexibility index (Phi) is 4.24. The average molecular weight is 248 g/mol. The minimum absolute atomic E-state index is 0.154. The molecule has 1 aliphatic carbocycles. The Hall–Kier alpha value is -1.51. The number of ether oxygens (including phenoxy) is 2. The highest BCUT2D eigenvalue weighted by Crippen LogP contribution is 2.26. The Balaban J connectivity index is 1.99. The molecule has 1 unspecified atom stereocenters. The number of hydrogen-bond donors (Lipinski definition) is 0. The molecule has 0 N–H and O–H groups in total. The topological polar surface area (TPSA) is 35.5 Å². The van der Waals surface area contributed by atoms with Gasteiger partial charge in [-0.2, -0.15) is 0 Å². The second kappa shape index (κ2) is 5.89.